The zero-order chi connectivity index (χ0) is 28.8. The number of hydrogen-bond acceptors (Lipinski definition) is 10. The number of nitrogens with zero attached hydrogens (tertiary/aromatic N) is 3. The summed E-state index contributed by atoms with van der Waals surface area (Å²) in [5.74, 6) is -1.99. The minimum absolute atomic E-state index is 0.0119. The summed E-state index contributed by atoms with van der Waals surface area (Å²) in [6.45, 7) is -0.288. The van der Waals surface area contributed by atoms with Crippen molar-refractivity contribution < 1.29 is 38.3 Å². The fourth-order valence-corrected chi connectivity index (χ4v) is 4.02. The maximum atomic E-state index is 12.8. The van der Waals surface area contributed by atoms with Crippen molar-refractivity contribution in [3.63, 3.8) is 0 Å². The highest BCUT2D eigenvalue weighted by Crippen LogP contribution is 2.31. The summed E-state index contributed by atoms with van der Waals surface area (Å²) in [5.41, 5.74) is 0.715. The zero-order valence-corrected chi connectivity index (χ0v) is 21.7. The van der Waals surface area contributed by atoms with Crippen LogP contribution >= 0.6 is 0 Å². The number of para-hydroxylation sites is 1. The van der Waals surface area contributed by atoms with Crippen LogP contribution in [-0.4, -0.2) is 53.9 Å². The number of ether oxygens (including phenoxy) is 4. The van der Waals surface area contributed by atoms with E-state index in [-0.39, 0.29) is 40.4 Å². The second kappa shape index (κ2) is 11.9. The molecular weight excluding hydrogens is 522 g/mol. The van der Waals surface area contributed by atoms with Crippen LogP contribution in [0.25, 0.3) is 16.9 Å². The van der Waals surface area contributed by atoms with Crippen molar-refractivity contribution in [3.8, 4) is 22.7 Å². The van der Waals surface area contributed by atoms with E-state index in [4.69, 9.17) is 18.9 Å². The van der Waals surface area contributed by atoms with Crippen LogP contribution < -0.4 is 4.74 Å². The molecule has 204 valence electrons. The predicted octanol–water partition coefficient (Wildman–Crippen LogP) is 4.39. The van der Waals surface area contributed by atoms with E-state index < -0.39 is 22.8 Å². The van der Waals surface area contributed by atoms with Gasteiger partial charge in [-0.3, -0.25) is 10.1 Å². The Morgan fingerprint density at radius 2 is 1.48 bits per heavy atom. The molecule has 12 nitrogen and oxygen atoms in total. The molecule has 0 atom stereocenters. The first-order valence-corrected chi connectivity index (χ1v) is 11.7. The van der Waals surface area contributed by atoms with Gasteiger partial charge < -0.3 is 18.9 Å². The number of benzene rings is 3. The van der Waals surface area contributed by atoms with Gasteiger partial charge in [-0.05, 0) is 42.5 Å². The van der Waals surface area contributed by atoms with E-state index in [9.17, 15) is 24.5 Å². The number of esters is 3. The Labute approximate surface area is 227 Å². The van der Waals surface area contributed by atoms with E-state index in [0.717, 1.165) is 0 Å². The smallest absolute Gasteiger partial charge is 0.357 e. The average molecular weight is 546 g/mol. The maximum absolute atomic E-state index is 12.8. The van der Waals surface area contributed by atoms with Gasteiger partial charge in [0.05, 0.1) is 43.1 Å². The first-order chi connectivity index (χ1) is 19.3. The van der Waals surface area contributed by atoms with Gasteiger partial charge in [-0.15, -0.1) is 0 Å². The highest BCUT2D eigenvalue weighted by Gasteiger charge is 2.31. The van der Waals surface area contributed by atoms with Gasteiger partial charge in [0.25, 0.3) is 5.69 Å². The van der Waals surface area contributed by atoms with Gasteiger partial charge in [0.15, 0.2) is 5.69 Å². The number of nitro groups is 1. The molecule has 3 aromatic carbocycles. The van der Waals surface area contributed by atoms with Crippen molar-refractivity contribution in [1.29, 1.82) is 0 Å². The normalized spacial score (nSPS) is 10.5. The minimum atomic E-state index is -0.787. The predicted molar refractivity (Wildman–Crippen MR) is 140 cm³/mol. The third-order valence-corrected chi connectivity index (χ3v) is 5.92. The largest absolute Gasteiger partial charge is 0.489 e. The number of aromatic nitrogens is 2. The molecule has 1 heterocycles. The molecule has 1 aromatic heterocycles. The lowest BCUT2D eigenvalue weighted by Gasteiger charge is -2.11. The fraction of sp³-hybridized carbons (Fsp3) is 0.143. The summed E-state index contributed by atoms with van der Waals surface area (Å²) in [6.07, 6.45) is 0. The summed E-state index contributed by atoms with van der Waals surface area (Å²) in [5, 5.41) is 16.1. The Kier molecular flexibility index (Phi) is 8.19. The highest BCUT2D eigenvalue weighted by atomic mass is 16.6. The van der Waals surface area contributed by atoms with Crippen molar-refractivity contribution in [2.75, 3.05) is 21.3 Å². The molecule has 0 bridgehead atoms. The standard InChI is InChI=1S/C28H23N3O9/c1-37-26(32)20-10-7-11-22(31(35)36)21(20)16-40-19-14-12-17(13-15-19)24-23(27(33)38-2)25(28(34)39-3)30(29-24)18-8-5-4-6-9-18/h4-15H,16H2,1-3H3. The lowest BCUT2D eigenvalue weighted by atomic mass is 10.1. The van der Waals surface area contributed by atoms with Crippen LogP contribution in [0.5, 0.6) is 5.75 Å². The summed E-state index contributed by atoms with van der Waals surface area (Å²) < 4.78 is 21.7. The van der Waals surface area contributed by atoms with E-state index >= 15 is 0 Å². The monoisotopic (exact) mass is 545 g/mol. The van der Waals surface area contributed by atoms with Crippen molar-refractivity contribution in [3.05, 3.63) is 105 Å². The van der Waals surface area contributed by atoms with E-state index in [1.165, 1.54) is 44.2 Å². The van der Waals surface area contributed by atoms with E-state index in [1.54, 1.807) is 54.6 Å². The Hall–Kier alpha value is -5.52. The number of carbonyl (C=O) groups excluding carboxylic acids is 3. The first-order valence-electron chi connectivity index (χ1n) is 11.7. The second-order valence-electron chi connectivity index (χ2n) is 8.17. The first kappa shape index (κ1) is 27.5. The molecule has 0 fully saturated rings. The van der Waals surface area contributed by atoms with Gasteiger partial charge in [0.1, 0.15) is 23.6 Å². The Morgan fingerprint density at radius 3 is 2.08 bits per heavy atom. The summed E-state index contributed by atoms with van der Waals surface area (Å²) in [6, 6.07) is 19.1. The molecule has 0 radical (unpaired) electrons. The fourth-order valence-electron chi connectivity index (χ4n) is 4.02. The van der Waals surface area contributed by atoms with Gasteiger partial charge in [0, 0.05) is 11.6 Å². The van der Waals surface area contributed by atoms with Crippen LogP contribution in [0.15, 0.2) is 72.8 Å². The molecule has 0 N–H and O–H groups in total. The molecule has 0 aliphatic heterocycles. The van der Waals surface area contributed by atoms with Crippen molar-refractivity contribution in [1.82, 2.24) is 9.78 Å². The molecule has 0 saturated carbocycles. The average Bonchev–Trinajstić information content (AvgIpc) is 3.40. The molecule has 4 rings (SSSR count). The molecular formula is C28H23N3O9. The number of nitro benzene ring substituents is 1. The quantitative estimate of drug-likeness (QED) is 0.128. The number of carbonyl (C=O) groups is 3. The lowest BCUT2D eigenvalue weighted by Crippen LogP contribution is -2.15. The molecule has 0 aliphatic rings. The number of rotatable bonds is 9. The molecule has 0 spiro atoms. The van der Waals surface area contributed by atoms with Crippen LogP contribution in [0.3, 0.4) is 0 Å². The van der Waals surface area contributed by atoms with E-state index in [0.29, 0.717) is 17.0 Å². The second-order valence-corrected chi connectivity index (χ2v) is 8.17. The summed E-state index contributed by atoms with van der Waals surface area (Å²) in [7, 11) is 3.56. The maximum Gasteiger partial charge on any atom is 0.357 e. The van der Waals surface area contributed by atoms with Crippen LogP contribution in [0.4, 0.5) is 5.69 Å². The molecule has 40 heavy (non-hydrogen) atoms. The third-order valence-electron chi connectivity index (χ3n) is 5.92. The minimum Gasteiger partial charge on any atom is -0.489 e. The van der Waals surface area contributed by atoms with Gasteiger partial charge in [-0.2, -0.15) is 5.10 Å². The molecule has 4 aromatic rings. The van der Waals surface area contributed by atoms with Crippen LogP contribution in [0, 0.1) is 10.1 Å². The Bertz CT molecular complexity index is 1580. The SMILES string of the molecule is COC(=O)c1cccc([N+](=O)[O-])c1COc1ccc(-c2nn(-c3ccccc3)c(C(=O)OC)c2C(=O)OC)cc1. The topological polar surface area (TPSA) is 149 Å². The van der Waals surface area contributed by atoms with Crippen molar-refractivity contribution >= 4 is 23.6 Å². The van der Waals surface area contributed by atoms with Crippen LogP contribution in [-0.2, 0) is 20.8 Å². The number of hydrogen-bond donors (Lipinski definition) is 0. The van der Waals surface area contributed by atoms with E-state index in [1.807, 2.05) is 0 Å². The molecule has 0 aliphatic carbocycles. The van der Waals surface area contributed by atoms with Crippen molar-refractivity contribution in [2.45, 2.75) is 6.61 Å². The highest BCUT2D eigenvalue weighted by molar-refractivity contribution is 6.06. The molecule has 0 amide bonds. The Morgan fingerprint density at radius 1 is 0.825 bits per heavy atom. The van der Waals surface area contributed by atoms with Gasteiger partial charge in [-0.25, -0.2) is 19.1 Å². The Balaban J connectivity index is 1.72. The summed E-state index contributed by atoms with van der Waals surface area (Å²) in [4.78, 5) is 48.6. The van der Waals surface area contributed by atoms with Gasteiger partial charge in [-0.1, -0.05) is 24.3 Å². The number of methoxy groups -OCH3 is 3. The molecule has 12 heteroatoms. The third kappa shape index (κ3) is 5.36. The van der Waals surface area contributed by atoms with Gasteiger partial charge in [0.2, 0.25) is 0 Å². The van der Waals surface area contributed by atoms with E-state index in [2.05, 4.69) is 5.10 Å². The van der Waals surface area contributed by atoms with Crippen molar-refractivity contribution in [2.24, 2.45) is 0 Å². The summed E-state index contributed by atoms with van der Waals surface area (Å²) >= 11 is 0. The van der Waals surface area contributed by atoms with Crippen LogP contribution in [0.1, 0.15) is 36.8 Å². The zero-order valence-electron chi connectivity index (χ0n) is 21.7. The lowest BCUT2D eigenvalue weighted by molar-refractivity contribution is -0.385. The van der Waals surface area contributed by atoms with Gasteiger partial charge >= 0.3 is 17.9 Å². The molecule has 0 saturated heterocycles. The van der Waals surface area contributed by atoms with Crippen LogP contribution in [0.2, 0.25) is 0 Å². The molecule has 0 unspecified atom stereocenters.